The summed E-state index contributed by atoms with van der Waals surface area (Å²) < 4.78 is 13.8. The number of hydrogen-bond donors (Lipinski definition) is 1. The van der Waals surface area contributed by atoms with Gasteiger partial charge in [-0.15, -0.1) is 0 Å². The van der Waals surface area contributed by atoms with Crippen molar-refractivity contribution in [2.24, 2.45) is 5.73 Å². The van der Waals surface area contributed by atoms with Gasteiger partial charge in [0.15, 0.2) is 0 Å². The van der Waals surface area contributed by atoms with Crippen LogP contribution in [0, 0.1) is 5.82 Å². The molecule has 1 fully saturated rings. The number of nitrogens with zero attached hydrogens (tertiary/aromatic N) is 3. The van der Waals surface area contributed by atoms with Gasteiger partial charge in [-0.25, -0.2) is 4.39 Å². The Morgan fingerprint density at radius 2 is 1.79 bits per heavy atom. The summed E-state index contributed by atoms with van der Waals surface area (Å²) in [5.74, 6) is -0.681. The average Bonchev–Trinajstić information content (AvgIpc) is 2.73. The summed E-state index contributed by atoms with van der Waals surface area (Å²) in [4.78, 5) is 21.1. The maximum absolute atomic E-state index is 13.8. The fourth-order valence-corrected chi connectivity index (χ4v) is 4.16. The van der Waals surface area contributed by atoms with E-state index in [-0.39, 0.29) is 5.82 Å². The van der Waals surface area contributed by atoms with Gasteiger partial charge >= 0.3 is 0 Å². The predicted molar refractivity (Wildman–Crippen MR) is 113 cm³/mol. The van der Waals surface area contributed by atoms with Gasteiger partial charge in [-0.05, 0) is 48.9 Å². The van der Waals surface area contributed by atoms with Crippen molar-refractivity contribution in [1.29, 1.82) is 0 Å². The van der Waals surface area contributed by atoms with Crippen molar-refractivity contribution in [2.75, 3.05) is 31.1 Å². The molecule has 150 valence electrons. The van der Waals surface area contributed by atoms with E-state index >= 15 is 0 Å². The van der Waals surface area contributed by atoms with E-state index in [1.165, 1.54) is 12.1 Å². The molecule has 0 saturated carbocycles. The van der Waals surface area contributed by atoms with Gasteiger partial charge in [0.2, 0.25) is 5.91 Å². The third kappa shape index (κ3) is 3.54. The van der Waals surface area contributed by atoms with E-state index < -0.39 is 11.4 Å². The molecular weight excluding hydrogens is 391 g/mol. The second-order valence-corrected chi connectivity index (χ2v) is 7.85. The van der Waals surface area contributed by atoms with Gasteiger partial charge in [-0.3, -0.25) is 14.7 Å². The average molecular weight is 413 g/mol. The Morgan fingerprint density at radius 3 is 2.45 bits per heavy atom. The number of hydrogen-bond acceptors (Lipinski definition) is 4. The molecule has 0 spiro atoms. The Kier molecular flexibility index (Phi) is 5.15. The quantitative estimate of drug-likeness (QED) is 0.711. The van der Waals surface area contributed by atoms with E-state index in [0.29, 0.717) is 31.2 Å². The third-order valence-electron chi connectivity index (χ3n) is 5.82. The van der Waals surface area contributed by atoms with E-state index in [0.717, 1.165) is 22.2 Å². The number of carbonyl (C=O) groups is 1. The lowest BCUT2D eigenvalue weighted by Gasteiger charge is -2.45. The highest BCUT2D eigenvalue weighted by Gasteiger charge is 2.41. The van der Waals surface area contributed by atoms with E-state index in [1.54, 1.807) is 24.4 Å². The Morgan fingerprint density at radius 1 is 1.10 bits per heavy atom. The Balaban J connectivity index is 1.59. The summed E-state index contributed by atoms with van der Waals surface area (Å²) in [5, 5.41) is 1.40. The topological polar surface area (TPSA) is 62.5 Å². The second-order valence-electron chi connectivity index (χ2n) is 7.41. The summed E-state index contributed by atoms with van der Waals surface area (Å²) >= 11 is 6.00. The first-order chi connectivity index (χ1) is 13.9. The van der Waals surface area contributed by atoms with Crippen molar-refractivity contribution in [3.8, 4) is 0 Å². The van der Waals surface area contributed by atoms with Crippen molar-refractivity contribution in [1.82, 2.24) is 9.88 Å². The van der Waals surface area contributed by atoms with Crippen LogP contribution in [0.3, 0.4) is 0 Å². The van der Waals surface area contributed by atoms with E-state index in [1.807, 2.05) is 25.1 Å². The zero-order valence-electron chi connectivity index (χ0n) is 16.1. The summed E-state index contributed by atoms with van der Waals surface area (Å²) in [6.07, 6.45) is 1.74. The maximum Gasteiger partial charge on any atom is 0.242 e. The van der Waals surface area contributed by atoms with E-state index in [2.05, 4.69) is 14.8 Å². The lowest BCUT2D eigenvalue weighted by molar-refractivity contribution is -0.130. The fourth-order valence-electron chi connectivity index (χ4n) is 4.03. The number of anilines is 1. The first-order valence-electron chi connectivity index (χ1n) is 9.50. The molecule has 1 aromatic heterocycles. The Labute approximate surface area is 173 Å². The summed E-state index contributed by atoms with van der Waals surface area (Å²) in [7, 11) is 0. The summed E-state index contributed by atoms with van der Waals surface area (Å²) in [6.45, 7) is 4.51. The van der Waals surface area contributed by atoms with Crippen LogP contribution in [0.25, 0.3) is 10.9 Å². The summed E-state index contributed by atoms with van der Waals surface area (Å²) in [5.41, 5.74) is 7.43. The van der Waals surface area contributed by atoms with Gasteiger partial charge in [0.05, 0.1) is 5.52 Å². The number of pyridine rings is 1. The molecule has 1 unspecified atom stereocenters. The van der Waals surface area contributed by atoms with Crippen LogP contribution in [0.15, 0.2) is 54.7 Å². The van der Waals surface area contributed by atoms with Crippen molar-refractivity contribution in [3.63, 3.8) is 0 Å². The molecule has 2 aromatic carbocycles. The predicted octanol–water partition coefficient (Wildman–Crippen LogP) is 3.55. The van der Waals surface area contributed by atoms with Crippen molar-refractivity contribution < 1.29 is 9.18 Å². The number of primary amides is 1. The van der Waals surface area contributed by atoms with E-state index in [4.69, 9.17) is 17.3 Å². The van der Waals surface area contributed by atoms with Gasteiger partial charge in [-0.2, -0.15) is 0 Å². The molecule has 1 atom stereocenters. The number of nitrogens with two attached hydrogens (primary N) is 1. The van der Waals surface area contributed by atoms with Crippen LogP contribution in [-0.4, -0.2) is 42.0 Å². The Hall–Kier alpha value is -2.70. The molecule has 7 heteroatoms. The van der Waals surface area contributed by atoms with E-state index in [9.17, 15) is 9.18 Å². The number of fused-ring (bicyclic) bond motifs is 1. The van der Waals surface area contributed by atoms with Crippen LogP contribution in [0.5, 0.6) is 0 Å². The molecule has 0 aliphatic carbocycles. The minimum absolute atomic E-state index is 0.283. The van der Waals surface area contributed by atoms with Crippen LogP contribution in [-0.2, 0) is 10.3 Å². The third-order valence-corrected chi connectivity index (χ3v) is 6.07. The fraction of sp³-hybridized carbons (Fsp3) is 0.273. The zero-order chi connectivity index (χ0) is 20.6. The number of carbonyl (C=O) groups excluding carboxylic acids is 1. The standard InChI is InChI=1S/C22H22ClFN4O/c1-22(21(25)29,15-2-4-16(23)5-3-15)28-12-10-27(11-13-28)20-8-9-26-19-7-6-17(24)14-18(19)20/h2-9,14H,10-13H2,1H3,(H2,25,29). The highest BCUT2D eigenvalue weighted by Crippen LogP contribution is 2.32. The van der Waals surface area contributed by atoms with Crippen molar-refractivity contribution in [3.05, 3.63) is 71.1 Å². The number of amides is 1. The van der Waals surface area contributed by atoms with Gasteiger partial charge in [0.25, 0.3) is 0 Å². The summed E-state index contributed by atoms with van der Waals surface area (Å²) in [6, 6.07) is 13.8. The lowest BCUT2D eigenvalue weighted by Crippen LogP contribution is -2.59. The first kappa shape index (κ1) is 19.6. The number of aromatic nitrogens is 1. The van der Waals surface area contributed by atoms with Gasteiger partial charge in [0, 0.05) is 48.5 Å². The van der Waals surface area contributed by atoms with Crippen molar-refractivity contribution in [2.45, 2.75) is 12.5 Å². The van der Waals surface area contributed by atoms with Crippen LogP contribution in [0.1, 0.15) is 12.5 Å². The smallest absolute Gasteiger partial charge is 0.242 e. The monoisotopic (exact) mass is 412 g/mol. The maximum atomic E-state index is 13.8. The molecule has 2 heterocycles. The SMILES string of the molecule is CC(C(N)=O)(c1ccc(Cl)cc1)N1CCN(c2ccnc3ccc(F)cc23)CC1. The molecule has 2 N–H and O–H groups in total. The molecule has 5 nitrogen and oxygen atoms in total. The van der Waals surface area contributed by atoms with Crippen LogP contribution in [0.4, 0.5) is 10.1 Å². The molecule has 0 radical (unpaired) electrons. The van der Waals surface area contributed by atoms with Crippen molar-refractivity contribution >= 4 is 34.1 Å². The van der Waals surface area contributed by atoms with Crippen LogP contribution in [0.2, 0.25) is 5.02 Å². The minimum atomic E-state index is -0.927. The zero-order valence-corrected chi connectivity index (χ0v) is 16.9. The first-order valence-corrected chi connectivity index (χ1v) is 9.87. The molecule has 1 saturated heterocycles. The number of benzene rings is 2. The van der Waals surface area contributed by atoms with Gasteiger partial charge < -0.3 is 10.6 Å². The van der Waals surface area contributed by atoms with Crippen LogP contribution >= 0.6 is 11.6 Å². The second kappa shape index (κ2) is 7.61. The highest BCUT2D eigenvalue weighted by molar-refractivity contribution is 6.30. The van der Waals surface area contributed by atoms with Crippen LogP contribution < -0.4 is 10.6 Å². The molecular formula is C22H22ClFN4O. The number of rotatable bonds is 4. The number of halogens is 2. The molecule has 1 aliphatic rings. The highest BCUT2D eigenvalue weighted by atomic mass is 35.5. The molecule has 4 rings (SSSR count). The molecule has 3 aromatic rings. The minimum Gasteiger partial charge on any atom is -0.368 e. The lowest BCUT2D eigenvalue weighted by atomic mass is 9.88. The Bertz CT molecular complexity index is 1050. The molecule has 1 amide bonds. The number of piperazine rings is 1. The molecule has 0 bridgehead atoms. The normalized spacial score (nSPS) is 17.3. The molecule has 1 aliphatic heterocycles. The largest absolute Gasteiger partial charge is 0.368 e. The molecule has 29 heavy (non-hydrogen) atoms. The van der Waals surface area contributed by atoms with Gasteiger partial charge in [0.1, 0.15) is 11.4 Å². The van der Waals surface area contributed by atoms with Gasteiger partial charge in [-0.1, -0.05) is 23.7 Å².